The van der Waals surface area contributed by atoms with Crippen molar-refractivity contribution in [2.45, 2.75) is 38.1 Å². The third kappa shape index (κ3) is 5.22. The average molecular weight is 471 g/mol. The molecule has 0 amide bonds. The number of nitrogens with zero attached hydrogens (tertiary/aromatic N) is 5. The minimum absolute atomic E-state index is 0.264. The minimum Gasteiger partial charge on any atom is -0.382 e. The molecule has 0 radical (unpaired) electrons. The van der Waals surface area contributed by atoms with Gasteiger partial charge < -0.3 is 26.6 Å². The van der Waals surface area contributed by atoms with E-state index in [0.29, 0.717) is 17.2 Å². The van der Waals surface area contributed by atoms with Gasteiger partial charge in [-0.25, -0.2) is 15.0 Å². The van der Waals surface area contributed by atoms with Crippen LogP contribution in [0.5, 0.6) is 0 Å². The molecule has 5 rings (SSSR count). The summed E-state index contributed by atoms with van der Waals surface area (Å²) in [6.07, 6.45) is 9.21. The molecule has 0 bridgehead atoms. The molecule has 2 saturated heterocycles. The van der Waals surface area contributed by atoms with E-state index in [1.807, 2.05) is 6.07 Å². The lowest BCUT2D eigenvalue weighted by molar-refractivity contribution is 0.501. The summed E-state index contributed by atoms with van der Waals surface area (Å²) < 4.78 is 0. The van der Waals surface area contributed by atoms with Crippen LogP contribution in [0.25, 0.3) is 17.0 Å². The minimum atomic E-state index is 0.264. The number of pyridine rings is 1. The molecule has 0 aliphatic carbocycles. The molecule has 8 heteroatoms. The molecule has 0 spiro atoms. The van der Waals surface area contributed by atoms with Crippen molar-refractivity contribution in [1.29, 1.82) is 0 Å². The van der Waals surface area contributed by atoms with Crippen LogP contribution >= 0.6 is 0 Å². The fraction of sp³-hybridized carbons (Fsp3) is 0.370. The molecule has 0 saturated carbocycles. The third-order valence-corrected chi connectivity index (χ3v) is 6.89. The van der Waals surface area contributed by atoms with Crippen LogP contribution in [0.15, 0.2) is 55.4 Å². The molecule has 0 unspecified atom stereocenters. The molecule has 35 heavy (non-hydrogen) atoms. The Balaban J connectivity index is 1.38. The molecule has 0 atom stereocenters. The lowest BCUT2D eigenvalue weighted by Gasteiger charge is -2.33. The van der Waals surface area contributed by atoms with Crippen molar-refractivity contribution < 1.29 is 0 Å². The van der Waals surface area contributed by atoms with Crippen LogP contribution < -0.4 is 26.6 Å². The lowest BCUT2D eigenvalue weighted by atomic mass is 10.1. The Bertz CT molecular complexity index is 1180. The van der Waals surface area contributed by atoms with Crippen LogP contribution in [0.2, 0.25) is 0 Å². The summed E-state index contributed by atoms with van der Waals surface area (Å²) in [4.78, 5) is 18.6. The first-order valence-corrected chi connectivity index (χ1v) is 12.5. The second-order valence-corrected chi connectivity index (χ2v) is 9.39. The zero-order valence-corrected chi connectivity index (χ0v) is 20.2. The number of nitrogens with one attached hydrogen (secondary N) is 1. The quantitative estimate of drug-likeness (QED) is 0.494. The molecule has 4 heterocycles. The van der Waals surface area contributed by atoms with E-state index in [1.54, 1.807) is 12.4 Å². The monoisotopic (exact) mass is 470 g/mol. The molecule has 182 valence electrons. The first-order chi connectivity index (χ1) is 17.1. The predicted molar refractivity (Wildman–Crippen MR) is 144 cm³/mol. The number of anilines is 4. The van der Waals surface area contributed by atoms with Crippen LogP contribution in [0, 0.1) is 0 Å². The second-order valence-electron chi connectivity index (χ2n) is 9.39. The fourth-order valence-corrected chi connectivity index (χ4v) is 4.86. The summed E-state index contributed by atoms with van der Waals surface area (Å²) in [6, 6.07) is 12.8. The standard InChI is InChI=1S/C27H34N8/c1-19(32-27-24(9-6-12-30-27)35-15-10-21(28)11-16-35)25-26(29)31-18-23(33-25)20-7-5-8-22(17-20)34-13-3-2-4-14-34/h5-9,12,17-18,21H,1-4,10-11,13-16,28H2,(H2,29,31)(H,30,32). The second kappa shape index (κ2) is 10.3. The average Bonchev–Trinajstić information content (AvgIpc) is 2.90. The number of piperidine rings is 2. The Morgan fingerprint density at radius 1 is 0.971 bits per heavy atom. The maximum Gasteiger partial charge on any atom is 0.154 e. The van der Waals surface area contributed by atoms with Gasteiger partial charge in [0.2, 0.25) is 0 Å². The fourth-order valence-electron chi connectivity index (χ4n) is 4.86. The molecule has 2 aliphatic heterocycles. The van der Waals surface area contributed by atoms with E-state index in [4.69, 9.17) is 16.5 Å². The Labute approximate surface area is 207 Å². The SMILES string of the molecule is C=C(Nc1ncccc1N1CCC(N)CC1)c1nc(-c2cccc(N3CCCCC3)c2)cnc1N. The van der Waals surface area contributed by atoms with E-state index in [2.05, 4.69) is 62.0 Å². The molecule has 2 aliphatic rings. The van der Waals surface area contributed by atoms with Gasteiger partial charge in [-0.05, 0) is 56.4 Å². The number of aromatic nitrogens is 3. The number of nitrogens with two attached hydrogens (primary N) is 2. The Morgan fingerprint density at radius 2 is 1.77 bits per heavy atom. The van der Waals surface area contributed by atoms with Crippen molar-refractivity contribution in [3.05, 3.63) is 61.1 Å². The van der Waals surface area contributed by atoms with Gasteiger partial charge >= 0.3 is 0 Å². The molecule has 2 fully saturated rings. The summed E-state index contributed by atoms with van der Waals surface area (Å²) in [5, 5.41) is 3.35. The number of rotatable bonds is 6. The highest BCUT2D eigenvalue weighted by molar-refractivity contribution is 5.82. The van der Waals surface area contributed by atoms with Gasteiger partial charge in [0.15, 0.2) is 11.6 Å². The maximum atomic E-state index is 6.24. The Morgan fingerprint density at radius 3 is 2.57 bits per heavy atom. The maximum absolute atomic E-state index is 6.24. The van der Waals surface area contributed by atoms with Gasteiger partial charge in [0, 0.05) is 49.7 Å². The van der Waals surface area contributed by atoms with Gasteiger partial charge in [-0.15, -0.1) is 0 Å². The van der Waals surface area contributed by atoms with Crippen molar-refractivity contribution in [2.24, 2.45) is 5.73 Å². The Kier molecular flexibility index (Phi) is 6.81. The number of nitrogen functional groups attached to an aromatic ring is 1. The summed E-state index contributed by atoms with van der Waals surface area (Å²) in [6.45, 7) is 8.22. The summed E-state index contributed by atoms with van der Waals surface area (Å²) in [5.41, 5.74) is 17.5. The highest BCUT2D eigenvalue weighted by Crippen LogP contribution is 2.31. The summed E-state index contributed by atoms with van der Waals surface area (Å²) >= 11 is 0. The predicted octanol–water partition coefficient (Wildman–Crippen LogP) is 4.12. The van der Waals surface area contributed by atoms with Crippen LogP contribution in [0.3, 0.4) is 0 Å². The van der Waals surface area contributed by atoms with Crippen LogP contribution in [0.1, 0.15) is 37.8 Å². The molecular formula is C27H34N8. The Hall–Kier alpha value is -3.65. The smallest absolute Gasteiger partial charge is 0.154 e. The lowest BCUT2D eigenvalue weighted by Crippen LogP contribution is -2.40. The zero-order chi connectivity index (χ0) is 24.2. The molecule has 3 aromatic rings. The molecular weight excluding hydrogens is 436 g/mol. The summed E-state index contributed by atoms with van der Waals surface area (Å²) in [7, 11) is 0. The topological polar surface area (TPSA) is 109 Å². The first kappa shape index (κ1) is 23.1. The largest absolute Gasteiger partial charge is 0.382 e. The van der Waals surface area contributed by atoms with Gasteiger partial charge in [0.05, 0.1) is 23.3 Å². The van der Waals surface area contributed by atoms with Gasteiger partial charge in [-0.2, -0.15) is 0 Å². The van der Waals surface area contributed by atoms with E-state index in [-0.39, 0.29) is 6.04 Å². The van der Waals surface area contributed by atoms with Gasteiger partial charge in [0.25, 0.3) is 0 Å². The van der Waals surface area contributed by atoms with Crippen LogP contribution in [-0.4, -0.2) is 47.2 Å². The van der Waals surface area contributed by atoms with E-state index in [9.17, 15) is 0 Å². The molecule has 2 aromatic heterocycles. The summed E-state index contributed by atoms with van der Waals surface area (Å²) in [5.74, 6) is 1.06. The van der Waals surface area contributed by atoms with E-state index in [0.717, 1.165) is 61.8 Å². The van der Waals surface area contributed by atoms with E-state index in [1.165, 1.54) is 24.9 Å². The van der Waals surface area contributed by atoms with E-state index >= 15 is 0 Å². The molecule has 8 nitrogen and oxygen atoms in total. The highest BCUT2D eigenvalue weighted by atomic mass is 15.2. The normalized spacial score (nSPS) is 16.8. The van der Waals surface area contributed by atoms with Crippen molar-refractivity contribution >= 4 is 28.7 Å². The van der Waals surface area contributed by atoms with Gasteiger partial charge in [0.1, 0.15) is 5.69 Å². The van der Waals surface area contributed by atoms with Crippen LogP contribution in [-0.2, 0) is 0 Å². The van der Waals surface area contributed by atoms with E-state index < -0.39 is 0 Å². The first-order valence-electron chi connectivity index (χ1n) is 12.5. The van der Waals surface area contributed by atoms with Crippen LogP contribution in [0.4, 0.5) is 23.0 Å². The van der Waals surface area contributed by atoms with Gasteiger partial charge in [-0.3, -0.25) is 0 Å². The van der Waals surface area contributed by atoms with Crippen molar-refractivity contribution in [3.8, 4) is 11.3 Å². The van der Waals surface area contributed by atoms with Crippen molar-refractivity contribution in [2.75, 3.05) is 47.0 Å². The molecule has 1 aromatic carbocycles. The van der Waals surface area contributed by atoms with Crippen molar-refractivity contribution in [1.82, 2.24) is 15.0 Å². The third-order valence-electron chi connectivity index (χ3n) is 6.89. The zero-order valence-electron chi connectivity index (χ0n) is 20.2. The van der Waals surface area contributed by atoms with Gasteiger partial charge in [-0.1, -0.05) is 18.7 Å². The highest BCUT2D eigenvalue weighted by Gasteiger charge is 2.20. The number of hydrogen-bond acceptors (Lipinski definition) is 8. The number of hydrogen-bond donors (Lipinski definition) is 3. The molecule has 5 N–H and O–H groups in total. The number of benzene rings is 1. The van der Waals surface area contributed by atoms with Crippen molar-refractivity contribution in [3.63, 3.8) is 0 Å².